The molecule has 2 aromatic carbocycles. The number of primary sulfonamides is 1. The highest BCUT2D eigenvalue weighted by molar-refractivity contribution is 7.89. The van der Waals surface area contributed by atoms with E-state index >= 15 is 0 Å². The van der Waals surface area contributed by atoms with Gasteiger partial charge in [0.05, 0.1) is 10.5 Å². The SMILES string of the molecule is NS(=O)(=O)c1ccc(N2CCN(C(=O)c3cccc(F)c3)CC2)c(C(F)(F)F)c1. The van der Waals surface area contributed by atoms with Crippen molar-refractivity contribution >= 4 is 21.6 Å². The number of hydrogen-bond acceptors (Lipinski definition) is 4. The molecule has 0 aromatic heterocycles. The van der Waals surface area contributed by atoms with Gasteiger partial charge in [-0.3, -0.25) is 4.79 Å². The predicted molar refractivity (Wildman–Crippen MR) is 97.3 cm³/mol. The maximum atomic E-state index is 13.5. The Hall–Kier alpha value is -2.66. The maximum Gasteiger partial charge on any atom is 0.418 e. The number of nitrogens with two attached hydrogens (primary N) is 1. The number of hydrogen-bond donors (Lipinski definition) is 1. The first kappa shape index (κ1) is 21.1. The summed E-state index contributed by atoms with van der Waals surface area (Å²) in [5.74, 6) is -0.969. The van der Waals surface area contributed by atoms with Crippen molar-refractivity contribution in [2.75, 3.05) is 31.1 Å². The standard InChI is InChI=1S/C18H17F4N3O3S/c19-13-3-1-2-12(10-13)17(26)25-8-6-24(7-9-25)16-5-4-14(29(23,27)28)11-15(16)18(20,21)22/h1-5,10-11H,6-9H2,(H2,23,27,28). The van der Waals surface area contributed by atoms with Crippen molar-refractivity contribution in [3.63, 3.8) is 0 Å². The Kier molecular flexibility index (Phi) is 5.54. The van der Waals surface area contributed by atoms with Crippen molar-refractivity contribution in [2.24, 2.45) is 5.14 Å². The molecule has 1 saturated heterocycles. The lowest BCUT2D eigenvalue weighted by Crippen LogP contribution is -2.49. The van der Waals surface area contributed by atoms with E-state index in [4.69, 9.17) is 5.14 Å². The molecule has 29 heavy (non-hydrogen) atoms. The fraction of sp³-hybridized carbons (Fsp3) is 0.278. The van der Waals surface area contributed by atoms with Gasteiger partial charge in [-0.25, -0.2) is 17.9 Å². The molecule has 1 aliphatic rings. The minimum atomic E-state index is -4.79. The second-order valence-electron chi connectivity index (χ2n) is 6.51. The van der Waals surface area contributed by atoms with E-state index in [0.717, 1.165) is 18.2 Å². The number of alkyl halides is 3. The molecule has 0 saturated carbocycles. The summed E-state index contributed by atoms with van der Waals surface area (Å²) < 4.78 is 76.5. The molecule has 0 atom stereocenters. The number of halogens is 4. The van der Waals surface area contributed by atoms with Crippen LogP contribution in [0.15, 0.2) is 47.4 Å². The normalized spacial score (nSPS) is 15.5. The molecule has 0 bridgehead atoms. The summed E-state index contributed by atoms with van der Waals surface area (Å²) in [6.07, 6.45) is -4.79. The Morgan fingerprint density at radius 3 is 2.21 bits per heavy atom. The van der Waals surface area contributed by atoms with Gasteiger partial charge in [-0.05, 0) is 36.4 Å². The number of rotatable bonds is 3. The molecule has 1 amide bonds. The molecule has 0 aliphatic carbocycles. The van der Waals surface area contributed by atoms with E-state index in [-0.39, 0.29) is 37.4 Å². The monoisotopic (exact) mass is 431 g/mol. The fourth-order valence-corrected chi connectivity index (χ4v) is 3.69. The Labute approximate surface area is 164 Å². The van der Waals surface area contributed by atoms with E-state index < -0.39 is 38.4 Å². The second kappa shape index (κ2) is 7.64. The van der Waals surface area contributed by atoms with Gasteiger partial charge in [0.25, 0.3) is 5.91 Å². The Morgan fingerprint density at radius 1 is 1.00 bits per heavy atom. The largest absolute Gasteiger partial charge is 0.418 e. The van der Waals surface area contributed by atoms with Gasteiger partial charge in [-0.2, -0.15) is 13.2 Å². The third-order valence-corrected chi connectivity index (χ3v) is 5.49. The summed E-state index contributed by atoms with van der Waals surface area (Å²) in [4.78, 5) is 14.7. The van der Waals surface area contributed by atoms with E-state index in [1.807, 2.05) is 0 Å². The van der Waals surface area contributed by atoms with Crippen LogP contribution in [0.3, 0.4) is 0 Å². The van der Waals surface area contributed by atoms with Crippen LogP contribution in [0.4, 0.5) is 23.2 Å². The smallest absolute Gasteiger partial charge is 0.367 e. The van der Waals surface area contributed by atoms with Crippen LogP contribution >= 0.6 is 0 Å². The van der Waals surface area contributed by atoms with Crippen molar-refractivity contribution in [3.05, 3.63) is 59.4 Å². The summed E-state index contributed by atoms with van der Waals surface area (Å²) in [7, 11) is -4.29. The lowest BCUT2D eigenvalue weighted by Gasteiger charge is -2.37. The molecule has 0 unspecified atom stereocenters. The van der Waals surface area contributed by atoms with Crippen molar-refractivity contribution in [1.82, 2.24) is 4.90 Å². The van der Waals surface area contributed by atoms with Crippen LogP contribution in [-0.4, -0.2) is 45.4 Å². The molecule has 0 spiro atoms. The van der Waals surface area contributed by atoms with Gasteiger partial charge in [0.15, 0.2) is 0 Å². The summed E-state index contributed by atoms with van der Waals surface area (Å²) in [5.41, 5.74) is -1.15. The lowest BCUT2D eigenvalue weighted by molar-refractivity contribution is -0.137. The number of benzene rings is 2. The summed E-state index contributed by atoms with van der Waals surface area (Å²) >= 11 is 0. The highest BCUT2D eigenvalue weighted by atomic mass is 32.2. The molecular formula is C18H17F4N3O3S. The topological polar surface area (TPSA) is 83.7 Å². The molecule has 156 valence electrons. The van der Waals surface area contributed by atoms with Gasteiger partial charge in [0.1, 0.15) is 5.82 Å². The van der Waals surface area contributed by atoms with Crippen LogP contribution in [0.25, 0.3) is 0 Å². The van der Waals surface area contributed by atoms with Gasteiger partial charge in [-0.1, -0.05) is 6.07 Å². The molecule has 1 heterocycles. The van der Waals surface area contributed by atoms with Crippen molar-refractivity contribution < 1.29 is 30.8 Å². The first-order valence-electron chi connectivity index (χ1n) is 8.50. The van der Waals surface area contributed by atoms with E-state index in [9.17, 15) is 30.8 Å². The molecule has 1 aliphatic heterocycles. The predicted octanol–water partition coefficient (Wildman–Crippen LogP) is 2.45. The van der Waals surface area contributed by atoms with E-state index in [0.29, 0.717) is 6.07 Å². The first-order valence-corrected chi connectivity index (χ1v) is 10.1. The van der Waals surface area contributed by atoms with Gasteiger partial charge < -0.3 is 9.80 Å². The average Bonchev–Trinajstić information content (AvgIpc) is 2.66. The van der Waals surface area contributed by atoms with E-state index in [1.165, 1.54) is 28.0 Å². The Balaban J connectivity index is 1.81. The highest BCUT2D eigenvalue weighted by Crippen LogP contribution is 2.38. The van der Waals surface area contributed by atoms with Crippen molar-refractivity contribution in [3.8, 4) is 0 Å². The number of amides is 1. The summed E-state index contributed by atoms with van der Waals surface area (Å²) in [5, 5.41) is 4.94. The summed E-state index contributed by atoms with van der Waals surface area (Å²) in [6, 6.07) is 7.76. The van der Waals surface area contributed by atoms with Gasteiger partial charge >= 0.3 is 6.18 Å². The number of anilines is 1. The zero-order valence-corrected chi connectivity index (χ0v) is 15.8. The molecule has 2 N–H and O–H groups in total. The van der Waals surface area contributed by atoms with Crippen LogP contribution in [0.5, 0.6) is 0 Å². The summed E-state index contributed by atoms with van der Waals surface area (Å²) in [6.45, 7) is 0.449. The third-order valence-electron chi connectivity index (χ3n) is 4.58. The van der Waals surface area contributed by atoms with Crippen LogP contribution in [-0.2, 0) is 16.2 Å². The third kappa shape index (κ3) is 4.67. The molecule has 0 radical (unpaired) electrons. The number of carbonyl (C=O) groups excluding carboxylic acids is 1. The van der Waals surface area contributed by atoms with E-state index in [1.54, 1.807) is 0 Å². The Morgan fingerprint density at radius 2 is 1.66 bits per heavy atom. The quantitative estimate of drug-likeness (QED) is 0.757. The molecule has 1 fully saturated rings. The maximum absolute atomic E-state index is 13.5. The first-order chi connectivity index (χ1) is 13.5. The number of sulfonamides is 1. The number of nitrogens with zero attached hydrogens (tertiary/aromatic N) is 2. The molecule has 2 aromatic rings. The number of piperazine rings is 1. The fourth-order valence-electron chi connectivity index (χ4n) is 3.15. The van der Waals surface area contributed by atoms with Crippen molar-refractivity contribution in [2.45, 2.75) is 11.1 Å². The van der Waals surface area contributed by atoms with Crippen LogP contribution in [0, 0.1) is 5.82 Å². The second-order valence-corrected chi connectivity index (χ2v) is 8.07. The minimum absolute atomic E-state index is 0.0961. The zero-order valence-electron chi connectivity index (χ0n) is 15.0. The molecule has 6 nitrogen and oxygen atoms in total. The number of carbonyl (C=O) groups is 1. The zero-order chi connectivity index (χ0) is 21.4. The average molecular weight is 431 g/mol. The van der Waals surface area contributed by atoms with Crippen molar-refractivity contribution in [1.29, 1.82) is 0 Å². The van der Waals surface area contributed by atoms with Gasteiger partial charge in [-0.15, -0.1) is 0 Å². The van der Waals surface area contributed by atoms with Gasteiger partial charge in [0, 0.05) is 37.4 Å². The minimum Gasteiger partial charge on any atom is -0.367 e. The highest BCUT2D eigenvalue weighted by Gasteiger charge is 2.37. The van der Waals surface area contributed by atoms with E-state index in [2.05, 4.69) is 0 Å². The molecule has 3 rings (SSSR count). The molecule has 11 heteroatoms. The van der Waals surface area contributed by atoms with Gasteiger partial charge in [0.2, 0.25) is 10.0 Å². The van der Waals surface area contributed by atoms with Crippen LogP contribution < -0.4 is 10.0 Å². The lowest BCUT2D eigenvalue weighted by atomic mass is 10.1. The molecular weight excluding hydrogens is 414 g/mol. The van der Waals surface area contributed by atoms with Crippen LogP contribution in [0.1, 0.15) is 15.9 Å². The Bertz CT molecular complexity index is 1030. The van der Waals surface area contributed by atoms with Crippen LogP contribution in [0.2, 0.25) is 0 Å².